The van der Waals surface area contributed by atoms with Crippen molar-refractivity contribution < 1.29 is 20.1 Å². The van der Waals surface area contributed by atoms with Gasteiger partial charge in [-0.05, 0) is 86.2 Å². The third kappa shape index (κ3) is 8.35. The number of amides is 1. The summed E-state index contributed by atoms with van der Waals surface area (Å²) in [6.07, 6.45) is 1.58. The predicted molar refractivity (Wildman–Crippen MR) is 143 cm³/mol. The number of hydrogen-bond acceptors (Lipinski definition) is 5. The van der Waals surface area contributed by atoms with E-state index in [0.717, 1.165) is 23.4 Å². The second-order valence-electron chi connectivity index (χ2n) is 9.69. The van der Waals surface area contributed by atoms with E-state index in [1.165, 1.54) is 11.6 Å². The van der Waals surface area contributed by atoms with Crippen LogP contribution < -0.4 is 10.6 Å². The lowest BCUT2D eigenvalue weighted by molar-refractivity contribution is 0.0953. The summed E-state index contributed by atoms with van der Waals surface area (Å²) < 4.78 is 0. The normalized spacial score (nSPS) is 12.4. The maximum absolute atomic E-state index is 12.7. The third-order valence-corrected chi connectivity index (χ3v) is 6.36. The Bertz CT molecular complexity index is 1150. The van der Waals surface area contributed by atoms with Crippen molar-refractivity contribution in [3.8, 4) is 5.75 Å². The van der Waals surface area contributed by atoms with Gasteiger partial charge in [-0.15, -0.1) is 0 Å². The van der Waals surface area contributed by atoms with Crippen LogP contribution in [-0.4, -0.2) is 39.9 Å². The van der Waals surface area contributed by atoms with Gasteiger partial charge in [-0.1, -0.05) is 41.9 Å². The average Bonchev–Trinajstić information content (AvgIpc) is 2.86. The summed E-state index contributed by atoms with van der Waals surface area (Å²) in [5.74, 6) is -0.0895. The first kappa shape index (κ1) is 27.7. The molecule has 0 aliphatic rings. The van der Waals surface area contributed by atoms with E-state index in [1.807, 2.05) is 62.4 Å². The van der Waals surface area contributed by atoms with Gasteiger partial charge in [0, 0.05) is 34.8 Å². The van der Waals surface area contributed by atoms with Crippen LogP contribution in [0.4, 0.5) is 0 Å². The first-order valence-corrected chi connectivity index (χ1v) is 12.5. The first-order chi connectivity index (χ1) is 17.2. The fraction of sp³-hybridized carbons (Fsp3) is 0.345. The Morgan fingerprint density at radius 3 is 2.50 bits per heavy atom. The standard InChI is InChI=1S/C29H35ClN2O4/c1-29(2,32-18-27(35)22-10-13-26(34)24(16-22)19-33)17-21-5-3-7-23(15-21)28(36)31-14-4-6-20-8-11-25(30)12-9-20/h3,5,7-13,15-16,27,32-35H,4,6,14,17-19H2,1-2H3,(H,31,36)/t27-/m1/s1. The second-order valence-corrected chi connectivity index (χ2v) is 10.1. The first-order valence-electron chi connectivity index (χ1n) is 12.1. The molecule has 5 N–H and O–H groups in total. The molecule has 0 radical (unpaired) electrons. The molecule has 0 saturated heterocycles. The Labute approximate surface area is 218 Å². The molecule has 36 heavy (non-hydrogen) atoms. The number of phenols is 1. The molecule has 1 atom stereocenters. The van der Waals surface area contributed by atoms with E-state index >= 15 is 0 Å². The van der Waals surface area contributed by atoms with Crippen molar-refractivity contribution in [3.63, 3.8) is 0 Å². The largest absolute Gasteiger partial charge is 0.508 e. The monoisotopic (exact) mass is 510 g/mol. The van der Waals surface area contributed by atoms with Crippen molar-refractivity contribution >= 4 is 17.5 Å². The maximum atomic E-state index is 12.7. The van der Waals surface area contributed by atoms with Crippen molar-refractivity contribution in [3.05, 3.63) is 99.6 Å². The van der Waals surface area contributed by atoms with Crippen LogP contribution in [0.15, 0.2) is 66.7 Å². The molecule has 0 spiro atoms. The number of aliphatic hydroxyl groups excluding tert-OH is 2. The van der Waals surface area contributed by atoms with Gasteiger partial charge in [-0.3, -0.25) is 4.79 Å². The van der Waals surface area contributed by atoms with Crippen molar-refractivity contribution in [1.82, 2.24) is 10.6 Å². The van der Waals surface area contributed by atoms with E-state index < -0.39 is 6.10 Å². The van der Waals surface area contributed by atoms with Gasteiger partial charge < -0.3 is 26.0 Å². The zero-order valence-electron chi connectivity index (χ0n) is 20.8. The Balaban J connectivity index is 1.49. The topological polar surface area (TPSA) is 102 Å². The van der Waals surface area contributed by atoms with Gasteiger partial charge >= 0.3 is 0 Å². The summed E-state index contributed by atoms with van der Waals surface area (Å²) in [7, 11) is 0. The van der Waals surface area contributed by atoms with Gasteiger partial charge in [0.25, 0.3) is 5.91 Å². The molecule has 0 aliphatic carbocycles. The number of halogens is 1. The highest BCUT2D eigenvalue weighted by Gasteiger charge is 2.21. The van der Waals surface area contributed by atoms with E-state index in [-0.39, 0.29) is 23.8 Å². The Morgan fingerprint density at radius 2 is 1.78 bits per heavy atom. The molecule has 0 saturated carbocycles. The smallest absolute Gasteiger partial charge is 0.251 e. The lowest BCUT2D eigenvalue weighted by Gasteiger charge is -2.28. The summed E-state index contributed by atoms with van der Waals surface area (Å²) in [5, 5.41) is 36.7. The van der Waals surface area contributed by atoms with E-state index in [9.17, 15) is 20.1 Å². The number of rotatable bonds is 12. The lowest BCUT2D eigenvalue weighted by Crippen LogP contribution is -2.43. The predicted octanol–water partition coefficient (Wildman–Crippen LogP) is 4.54. The highest BCUT2D eigenvalue weighted by atomic mass is 35.5. The van der Waals surface area contributed by atoms with Crippen molar-refractivity contribution in [2.45, 2.75) is 51.4 Å². The Kier molecular flexibility index (Phi) is 9.90. The number of carbonyl (C=O) groups excluding carboxylic acids is 1. The van der Waals surface area contributed by atoms with Crippen molar-refractivity contribution in [2.75, 3.05) is 13.1 Å². The van der Waals surface area contributed by atoms with Gasteiger partial charge in [-0.2, -0.15) is 0 Å². The summed E-state index contributed by atoms with van der Waals surface area (Å²) in [4.78, 5) is 12.7. The van der Waals surface area contributed by atoms with Gasteiger partial charge in [0.2, 0.25) is 0 Å². The van der Waals surface area contributed by atoms with Crippen LogP contribution >= 0.6 is 11.6 Å². The minimum absolute atomic E-state index is 0.00668. The SMILES string of the molecule is CC(C)(Cc1cccc(C(=O)NCCCc2ccc(Cl)cc2)c1)NC[C@@H](O)c1ccc(O)c(CO)c1. The third-order valence-electron chi connectivity index (χ3n) is 6.11. The minimum atomic E-state index is -0.792. The van der Waals surface area contributed by atoms with Crippen LogP contribution in [0.3, 0.4) is 0 Å². The number of aromatic hydroxyl groups is 1. The number of benzene rings is 3. The molecule has 0 aliphatic heterocycles. The summed E-state index contributed by atoms with van der Waals surface area (Å²) in [6, 6.07) is 20.1. The van der Waals surface area contributed by atoms with E-state index in [4.69, 9.17) is 11.6 Å². The number of hydrogen-bond donors (Lipinski definition) is 5. The molecule has 3 aromatic rings. The molecule has 0 bridgehead atoms. The van der Waals surface area contributed by atoms with Crippen LogP contribution in [0.2, 0.25) is 5.02 Å². The van der Waals surface area contributed by atoms with Gasteiger partial charge in [0.15, 0.2) is 0 Å². The van der Waals surface area contributed by atoms with Gasteiger partial charge in [0.05, 0.1) is 12.7 Å². The molecule has 1 amide bonds. The molecular weight excluding hydrogens is 476 g/mol. The molecular formula is C29H35ClN2O4. The van der Waals surface area contributed by atoms with Gasteiger partial charge in [-0.25, -0.2) is 0 Å². The molecule has 0 fully saturated rings. The highest BCUT2D eigenvalue weighted by Crippen LogP contribution is 2.23. The number of aryl methyl sites for hydroxylation is 1. The van der Waals surface area contributed by atoms with Crippen molar-refractivity contribution in [1.29, 1.82) is 0 Å². The highest BCUT2D eigenvalue weighted by molar-refractivity contribution is 6.30. The van der Waals surface area contributed by atoms with Gasteiger partial charge in [0.1, 0.15) is 5.75 Å². The maximum Gasteiger partial charge on any atom is 0.251 e. The molecule has 3 rings (SSSR count). The zero-order chi connectivity index (χ0) is 26.1. The molecule has 0 unspecified atom stereocenters. The fourth-order valence-electron chi connectivity index (χ4n) is 4.07. The van der Waals surface area contributed by atoms with Crippen LogP contribution in [-0.2, 0) is 19.4 Å². The summed E-state index contributed by atoms with van der Waals surface area (Å²) in [6.45, 7) is 4.68. The van der Waals surface area contributed by atoms with Crippen LogP contribution in [0.5, 0.6) is 5.75 Å². The molecule has 192 valence electrons. The number of nitrogens with one attached hydrogen (secondary N) is 2. The van der Waals surface area contributed by atoms with Crippen LogP contribution in [0.25, 0.3) is 0 Å². The zero-order valence-corrected chi connectivity index (χ0v) is 21.6. The minimum Gasteiger partial charge on any atom is -0.508 e. The number of carbonyl (C=O) groups is 1. The van der Waals surface area contributed by atoms with E-state index in [1.54, 1.807) is 12.1 Å². The average molecular weight is 511 g/mol. The summed E-state index contributed by atoms with van der Waals surface area (Å²) in [5.41, 5.74) is 3.49. The summed E-state index contributed by atoms with van der Waals surface area (Å²) >= 11 is 5.92. The fourth-order valence-corrected chi connectivity index (χ4v) is 4.20. The van der Waals surface area contributed by atoms with E-state index in [0.29, 0.717) is 36.2 Å². The number of β-amino-alcohol motifs (C(OH)–C–C–N with tert-alkyl or cyclic N) is 1. The number of aliphatic hydroxyl groups is 2. The second kappa shape index (κ2) is 12.9. The van der Waals surface area contributed by atoms with Crippen molar-refractivity contribution in [2.24, 2.45) is 0 Å². The molecule has 6 nitrogen and oxygen atoms in total. The van der Waals surface area contributed by atoms with E-state index in [2.05, 4.69) is 10.6 Å². The molecule has 0 heterocycles. The Hall–Kier alpha value is -2.90. The Morgan fingerprint density at radius 1 is 1.03 bits per heavy atom. The van der Waals surface area contributed by atoms with Crippen LogP contribution in [0.1, 0.15) is 59.0 Å². The quantitative estimate of drug-likeness (QED) is 0.230. The molecule has 3 aromatic carbocycles. The molecule has 0 aromatic heterocycles. The lowest BCUT2D eigenvalue weighted by atomic mass is 9.93. The van der Waals surface area contributed by atoms with Crippen LogP contribution in [0, 0.1) is 0 Å². The molecule has 7 heteroatoms.